The van der Waals surface area contributed by atoms with Gasteiger partial charge in [-0.2, -0.15) is 5.10 Å². The number of aromatic nitrogens is 2. The maximum Gasteiger partial charge on any atom is 0.123 e. The molecule has 1 aromatic heterocycles. The molecule has 0 bridgehead atoms. The molecule has 1 aliphatic heterocycles. The molecule has 1 aromatic carbocycles. The van der Waals surface area contributed by atoms with Gasteiger partial charge in [-0.15, -0.1) is 0 Å². The van der Waals surface area contributed by atoms with Gasteiger partial charge in [0.2, 0.25) is 0 Å². The minimum atomic E-state index is -0.225. The second-order valence-electron chi connectivity index (χ2n) is 5.52. The van der Waals surface area contributed by atoms with E-state index in [0.29, 0.717) is 6.61 Å². The minimum absolute atomic E-state index is 0.0165. The fraction of sp³-hybridized carbons (Fsp3) is 0.353. The normalized spacial score (nSPS) is 16.4. The second-order valence-corrected chi connectivity index (χ2v) is 5.52. The largest absolute Gasteiger partial charge is 0.377 e. The van der Waals surface area contributed by atoms with Gasteiger partial charge < -0.3 is 10.1 Å². The Balaban J connectivity index is 1.79. The van der Waals surface area contributed by atoms with Crippen molar-refractivity contribution in [2.45, 2.75) is 12.5 Å². The van der Waals surface area contributed by atoms with E-state index in [0.717, 1.165) is 30.7 Å². The van der Waals surface area contributed by atoms with Crippen molar-refractivity contribution in [1.29, 1.82) is 0 Å². The molecule has 0 amide bonds. The van der Waals surface area contributed by atoms with Crippen LogP contribution < -0.4 is 5.32 Å². The van der Waals surface area contributed by atoms with Gasteiger partial charge in [-0.3, -0.25) is 4.68 Å². The van der Waals surface area contributed by atoms with Crippen LogP contribution in [0.5, 0.6) is 0 Å². The van der Waals surface area contributed by atoms with Gasteiger partial charge in [0, 0.05) is 25.4 Å². The summed E-state index contributed by atoms with van der Waals surface area (Å²) in [7, 11) is 1.89. The Labute approximate surface area is 129 Å². The summed E-state index contributed by atoms with van der Waals surface area (Å²) in [6.07, 6.45) is 7.01. The van der Waals surface area contributed by atoms with E-state index in [9.17, 15) is 4.39 Å². The summed E-state index contributed by atoms with van der Waals surface area (Å²) < 4.78 is 20.4. The molecule has 1 atom stereocenters. The van der Waals surface area contributed by atoms with Gasteiger partial charge in [-0.25, -0.2) is 4.39 Å². The molecule has 0 saturated carbocycles. The Morgan fingerprint density at radius 1 is 1.32 bits per heavy atom. The van der Waals surface area contributed by atoms with E-state index in [4.69, 9.17) is 4.74 Å². The number of rotatable bonds is 5. The maximum atomic E-state index is 13.2. The van der Waals surface area contributed by atoms with Crippen LogP contribution >= 0.6 is 0 Å². The number of nitrogens with zero attached hydrogens (tertiary/aromatic N) is 2. The molecule has 3 rings (SSSR count). The van der Waals surface area contributed by atoms with Crippen LogP contribution in [0, 0.1) is 5.82 Å². The molecule has 0 spiro atoms. The Bertz CT molecular complexity index is 648. The van der Waals surface area contributed by atoms with Crippen molar-refractivity contribution in [1.82, 2.24) is 15.1 Å². The Kier molecular flexibility index (Phi) is 4.65. The van der Waals surface area contributed by atoms with Gasteiger partial charge in [0.25, 0.3) is 0 Å². The first kappa shape index (κ1) is 14.9. The lowest BCUT2D eigenvalue weighted by molar-refractivity contribution is 0.148. The van der Waals surface area contributed by atoms with Crippen molar-refractivity contribution in [2.75, 3.05) is 19.8 Å². The second kappa shape index (κ2) is 6.85. The number of benzene rings is 1. The molecule has 22 heavy (non-hydrogen) atoms. The van der Waals surface area contributed by atoms with Crippen molar-refractivity contribution < 1.29 is 9.13 Å². The van der Waals surface area contributed by atoms with Crippen molar-refractivity contribution in [3.63, 3.8) is 0 Å². The average Bonchev–Trinajstić information content (AvgIpc) is 2.97. The van der Waals surface area contributed by atoms with Crippen LogP contribution in [0.4, 0.5) is 4.39 Å². The van der Waals surface area contributed by atoms with Gasteiger partial charge >= 0.3 is 0 Å². The third kappa shape index (κ3) is 3.61. The van der Waals surface area contributed by atoms with Gasteiger partial charge in [0.1, 0.15) is 5.82 Å². The molecule has 0 aliphatic carbocycles. The van der Waals surface area contributed by atoms with Crippen LogP contribution in [0.3, 0.4) is 0 Å². The summed E-state index contributed by atoms with van der Waals surface area (Å²) in [4.78, 5) is 0. The number of ether oxygens (including phenoxy) is 1. The van der Waals surface area contributed by atoms with Gasteiger partial charge in [-0.1, -0.05) is 18.2 Å². The standard InChI is InChI=1S/C17H20FN3O/c1-21-11-15(10-20-21)17(14-4-6-16(18)7-5-14)19-9-13-3-2-8-22-12-13/h3-7,10-11,17,19H,2,8-9,12H2,1H3/t17-/m1/s1. The lowest BCUT2D eigenvalue weighted by Gasteiger charge is -2.21. The molecule has 1 aliphatic rings. The number of aryl methyl sites for hydroxylation is 1. The molecule has 2 aromatic rings. The van der Waals surface area contributed by atoms with E-state index in [1.807, 2.05) is 31.6 Å². The molecule has 0 unspecified atom stereocenters. The predicted octanol–water partition coefficient (Wildman–Crippen LogP) is 2.58. The summed E-state index contributed by atoms with van der Waals surface area (Å²) >= 11 is 0. The first-order valence-electron chi connectivity index (χ1n) is 7.45. The van der Waals surface area contributed by atoms with Crippen molar-refractivity contribution in [3.05, 3.63) is 65.3 Å². The molecule has 5 heteroatoms. The van der Waals surface area contributed by atoms with Gasteiger partial charge in [0.15, 0.2) is 0 Å². The molecule has 1 N–H and O–H groups in total. The lowest BCUT2D eigenvalue weighted by atomic mass is 10.0. The average molecular weight is 301 g/mol. The third-order valence-corrected chi connectivity index (χ3v) is 3.78. The fourth-order valence-electron chi connectivity index (χ4n) is 2.64. The Hall–Kier alpha value is -1.98. The number of hydrogen-bond acceptors (Lipinski definition) is 3. The zero-order valence-corrected chi connectivity index (χ0v) is 12.6. The highest BCUT2D eigenvalue weighted by molar-refractivity contribution is 5.30. The quantitative estimate of drug-likeness (QED) is 0.863. The highest BCUT2D eigenvalue weighted by Crippen LogP contribution is 2.22. The molecule has 116 valence electrons. The Morgan fingerprint density at radius 2 is 2.14 bits per heavy atom. The summed E-state index contributed by atoms with van der Waals surface area (Å²) in [6.45, 7) is 2.22. The van der Waals surface area contributed by atoms with Crippen LogP contribution in [0.15, 0.2) is 48.3 Å². The van der Waals surface area contributed by atoms with E-state index >= 15 is 0 Å². The number of halogens is 1. The molecule has 0 fully saturated rings. The molecule has 0 radical (unpaired) electrons. The Morgan fingerprint density at radius 3 is 2.77 bits per heavy atom. The summed E-state index contributed by atoms with van der Waals surface area (Å²) in [5.41, 5.74) is 3.33. The SMILES string of the molecule is Cn1cc([C@H](NCC2=CCCOC2)c2ccc(F)cc2)cn1. The zero-order valence-electron chi connectivity index (χ0n) is 12.6. The van der Waals surface area contributed by atoms with Crippen molar-refractivity contribution in [2.24, 2.45) is 7.05 Å². The van der Waals surface area contributed by atoms with Crippen molar-refractivity contribution in [3.8, 4) is 0 Å². The van der Waals surface area contributed by atoms with Gasteiger partial charge in [0.05, 0.1) is 25.5 Å². The third-order valence-electron chi connectivity index (χ3n) is 3.78. The minimum Gasteiger partial charge on any atom is -0.377 e. The monoisotopic (exact) mass is 301 g/mol. The van der Waals surface area contributed by atoms with Crippen LogP contribution in [0.2, 0.25) is 0 Å². The number of nitrogens with one attached hydrogen (secondary N) is 1. The van der Waals surface area contributed by atoms with E-state index in [1.54, 1.807) is 4.68 Å². The van der Waals surface area contributed by atoms with Crippen LogP contribution in [0.25, 0.3) is 0 Å². The highest BCUT2D eigenvalue weighted by atomic mass is 19.1. The molecule has 0 saturated heterocycles. The maximum absolute atomic E-state index is 13.2. The van der Waals surface area contributed by atoms with Crippen molar-refractivity contribution >= 4 is 0 Å². The summed E-state index contributed by atoms with van der Waals surface area (Å²) in [6, 6.07) is 6.58. The van der Waals surface area contributed by atoms with E-state index in [2.05, 4.69) is 16.5 Å². The van der Waals surface area contributed by atoms with E-state index < -0.39 is 0 Å². The first-order valence-corrected chi connectivity index (χ1v) is 7.45. The summed E-state index contributed by atoms with van der Waals surface area (Å²) in [5, 5.41) is 7.77. The first-order chi connectivity index (χ1) is 10.7. The topological polar surface area (TPSA) is 39.1 Å². The summed E-state index contributed by atoms with van der Waals surface area (Å²) in [5.74, 6) is -0.225. The smallest absolute Gasteiger partial charge is 0.123 e. The highest BCUT2D eigenvalue weighted by Gasteiger charge is 2.16. The zero-order chi connectivity index (χ0) is 15.4. The van der Waals surface area contributed by atoms with Gasteiger partial charge in [-0.05, 0) is 29.7 Å². The lowest BCUT2D eigenvalue weighted by Crippen LogP contribution is -2.26. The van der Waals surface area contributed by atoms with E-state index in [-0.39, 0.29) is 11.9 Å². The van der Waals surface area contributed by atoms with Crippen LogP contribution in [-0.4, -0.2) is 29.5 Å². The predicted molar refractivity (Wildman–Crippen MR) is 83.0 cm³/mol. The molecular weight excluding hydrogens is 281 g/mol. The van der Waals surface area contributed by atoms with E-state index in [1.165, 1.54) is 17.7 Å². The fourth-order valence-corrected chi connectivity index (χ4v) is 2.64. The van der Waals surface area contributed by atoms with Crippen LogP contribution in [0.1, 0.15) is 23.6 Å². The number of hydrogen-bond donors (Lipinski definition) is 1. The molecular formula is C17H20FN3O. The molecule has 2 heterocycles. The molecule has 4 nitrogen and oxygen atoms in total. The van der Waals surface area contributed by atoms with Crippen LogP contribution in [-0.2, 0) is 11.8 Å².